The van der Waals surface area contributed by atoms with Crippen LogP contribution < -0.4 is 10.2 Å². The van der Waals surface area contributed by atoms with Crippen molar-refractivity contribution in [3.05, 3.63) is 70.2 Å². The highest BCUT2D eigenvalue weighted by molar-refractivity contribution is 7.14. The lowest BCUT2D eigenvalue weighted by molar-refractivity contribution is 0.0981. The van der Waals surface area contributed by atoms with E-state index in [4.69, 9.17) is 11.6 Å². The van der Waals surface area contributed by atoms with Crippen LogP contribution in [0.15, 0.2) is 53.9 Å². The minimum absolute atomic E-state index is 0.0532. The summed E-state index contributed by atoms with van der Waals surface area (Å²) in [5.41, 5.74) is 3.53. The number of benzene rings is 2. The molecule has 2 aromatic carbocycles. The van der Waals surface area contributed by atoms with Crippen LogP contribution in [-0.2, 0) is 6.42 Å². The van der Waals surface area contributed by atoms with Gasteiger partial charge in [-0.25, -0.2) is 4.98 Å². The van der Waals surface area contributed by atoms with Gasteiger partial charge in [0.1, 0.15) is 5.69 Å². The van der Waals surface area contributed by atoms with Crippen molar-refractivity contribution < 1.29 is 4.79 Å². The van der Waals surface area contributed by atoms with Gasteiger partial charge >= 0.3 is 0 Å². The van der Waals surface area contributed by atoms with Gasteiger partial charge in [-0.3, -0.25) is 4.79 Å². The Hall–Kier alpha value is -2.37. The molecule has 1 aliphatic rings. The summed E-state index contributed by atoms with van der Waals surface area (Å²) in [5.74, 6) is -0.0532. The molecule has 0 atom stereocenters. The smallest absolute Gasteiger partial charge is 0.277 e. The lowest BCUT2D eigenvalue weighted by Gasteiger charge is -2.28. The van der Waals surface area contributed by atoms with Crippen LogP contribution in [0.5, 0.6) is 0 Å². The quantitative estimate of drug-likeness (QED) is 0.695. The van der Waals surface area contributed by atoms with Crippen molar-refractivity contribution in [3.63, 3.8) is 0 Å². The molecule has 4 rings (SSSR count). The molecule has 0 bridgehead atoms. The first-order chi connectivity index (χ1) is 12.2. The number of aryl methyl sites for hydroxylation is 1. The van der Waals surface area contributed by atoms with E-state index in [1.54, 1.807) is 5.38 Å². The number of aromatic nitrogens is 1. The second-order valence-electron chi connectivity index (χ2n) is 5.86. The highest BCUT2D eigenvalue weighted by Gasteiger charge is 2.25. The SMILES string of the molecule is O=C(c1csc(Nc2cccc(Cl)c2)n1)N1CCCc2ccccc21. The number of hydrogen-bond donors (Lipinski definition) is 1. The summed E-state index contributed by atoms with van der Waals surface area (Å²) in [6.45, 7) is 0.727. The summed E-state index contributed by atoms with van der Waals surface area (Å²) in [7, 11) is 0. The van der Waals surface area contributed by atoms with Crippen LogP contribution in [0, 0.1) is 0 Å². The van der Waals surface area contributed by atoms with Gasteiger partial charge in [-0.05, 0) is 42.7 Å². The van der Waals surface area contributed by atoms with Crippen LogP contribution in [0.4, 0.5) is 16.5 Å². The Bertz CT molecular complexity index is 924. The van der Waals surface area contributed by atoms with Crippen LogP contribution in [0.1, 0.15) is 22.5 Å². The van der Waals surface area contributed by atoms with E-state index >= 15 is 0 Å². The third-order valence-corrected chi connectivity index (χ3v) is 5.15. The molecule has 0 saturated heterocycles. The zero-order valence-electron chi connectivity index (χ0n) is 13.4. The van der Waals surface area contributed by atoms with Crippen LogP contribution in [-0.4, -0.2) is 17.4 Å². The minimum Gasteiger partial charge on any atom is -0.331 e. The number of fused-ring (bicyclic) bond motifs is 1. The maximum atomic E-state index is 12.9. The molecule has 0 radical (unpaired) electrons. The first-order valence-corrected chi connectivity index (χ1v) is 9.34. The molecule has 0 saturated carbocycles. The number of nitrogens with one attached hydrogen (secondary N) is 1. The normalized spacial score (nSPS) is 13.4. The molecule has 1 amide bonds. The highest BCUT2D eigenvalue weighted by Crippen LogP contribution is 2.29. The number of carbonyl (C=O) groups is 1. The average molecular weight is 370 g/mol. The lowest BCUT2D eigenvalue weighted by Crippen LogP contribution is -2.35. The number of nitrogens with zero attached hydrogens (tertiary/aromatic N) is 2. The van der Waals surface area contributed by atoms with Crippen molar-refractivity contribution in [2.75, 3.05) is 16.8 Å². The molecule has 6 heteroatoms. The van der Waals surface area contributed by atoms with E-state index in [1.165, 1.54) is 16.9 Å². The van der Waals surface area contributed by atoms with Gasteiger partial charge in [0.15, 0.2) is 5.13 Å². The molecule has 2 heterocycles. The molecule has 3 aromatic rings. The van der Waals surface area contributed by atoms with E-state index < -0.39 is 0 Å². The zero-order valence-corrected chi connectivity index (χ0v) is 15.0. The molecule has 4 nitrogen and oxygen atoms in total. The Balaban J connectivity index is 1.55. The first-order valence-electron chi connectivity index (χ1n) is 8.08. The summed E-state index contributed by atoms with van der Waals surface area (Å²) in [5, 5.41) is 6.32. The number of amides is 1. The molecule has 0 unspecified atom stereocenters. The predicted octanol–water partition coefficient (Wildman–Crippen LogP) is 5.13. The fourth-order valence-electron chi connectivity index (χ4n) is 3.00. The van der Waals surface area contributed by atoms with E-state index in [0.29, 0.717) is 15.8 Å². The third kappa shape index (κ3) is 3.38. The standard InChI is InChI=1S/C19H16ClN3OS/c20-14-7-3-8-15(11-14)21-19-22-16(12-25-19)18(24)23-10-4-6-13-5-1-2-9-17(13)23/h1-3,5,7-9,11-12H,4,6,10H2,(H,21,22). The lowest BCUT2D eigenvalue weighted by atomic mass is 10.0. The molecule has 0 spiro atoms. The molecule has 1 aromatic heterocycles. The topological polar surface area (TPSA) is 45.2 Å². The predicted molar refractivity (Wildman–Crippen MR) is 103 cm³/mol. The van der Waals surface area contributed by atoms with E-state index in [1.807, 2.05) is 47.4 Å². The van der Waals surface area contributed by atoms with E-state index in [-0.39, 0.29) is 5.91 Å². The number of para-hydroxylation sites is 1. The van der Waals surface area contributed by atoms with Gasteiger partial charge in [0, 0.05) is 28.3 Å². The van der Waals surface area contributed by atoms with Gasteiger partial charge in [-0.15, -0.1) is 11.3 Å². The minimum atomic E-state index is -0.0532. The molecule has 1 aliphatic heterocycles. The number of hydrogen-bond acceptors (Lipinski definition) is 4. The summed E-state index contributed by atoms with van der Waals surface area (Å²) in [6.07, 6.45) is 1.99. The van der Waals surface area contributed by atoms with Gasteiger partial charge < -0.3 is 10.2 Å². The van der Waals surface area contributed by atoms with Crippen LogP contribution >= 0.6 is 22.9 Å². The Morgan fingerprint density at radius 2 is 2.08 bits per heavy atom. The average Bonchev–Trinajstić information content (AvgIpc) is 3.09. The number of rotatable bonds is 3. The molecular weight excluding hydrogens is 354 g/mol. The van der Waals surface area contributed by atoms with Crippen molar-refractivity contribution in [2.24, 2.45) is 0 Å². The summed E-state index contributed by atoms with van der Waals surface area (Å²) < 4.78 is 0. The van der Waals surface area contributed by atoms with Crippen LogP contribution in [0.25, 0.3) is 0 Å². The summed E-state index contributed by atoms with van der Waals surface area (Å²) in [4.78, 5) is 19.2. The Kier molecular flexibility index (Phi) is 4.42. The molecule has 0 aliphatic carbocycles. The maximum Gasteiger partial charge on any atom is 0.277 e. The molecule has 0 fully saturated rings. The second kappa shape index (κ2) is 6.86. The second-order valence-corrected chi connectivity index (χ2v) is 7.16. The Morgan fingerprint density at radius 3 is 2.96 bits per heavy atom. The van der Waals surface area contributed by atoms with Crippen molar-refractivity contribution in [3.8, 4) is 0 Å². The maximum absolute atomic E-state index is 12.9. The van der Waals surface area contributed by atoms with Gasteiger partial charge in [-0.1, -0.05) is 35.9 Å². The van der Waals surface area contributed by atoms with Gasteiger partial charge in [0.05, 0.1) is 0 Å². The summed E-state index contributed by atoms with van der Waals surface area (Å²) >= 11 is 7.41. The van der Waals surface area contributed by atoms with Gasteiger partial charge in [0.2, 0.25) is 0 Å². The van der Waals surface area contributed by atoms with Gasteiger partial charge in [0.25, 0.3) is 5.91 Å². The highest BCUT2D eigenvalue weighted by atomic mass is 35.5. The van der Waals surface area contributed by atoms with Crippen molar-refractivity contribution >= 4 is 45.4 Å². The van der Waals surface area contributed by atoms with Crippen molar-refractivity contribution in [1.82, 2.24) is 4.98 Å². The monoisotopic (exact) mass is 369 g/mol. The van der Waals surface area contributed by atoms with Crippen molar-refractivity contribution in [1.29, 1.82) is 0 Å². The number of anilines is 3. The van der Waals surface area contributed by atoms with Crippen LogP contribution in [0.3, 0.4) is 0 Å². The third-order valence-electron chi connectivity index (χ3n) is 4.15. The Morgan fingerprint density at radius 1 is 1.20 bits per heavy atom. The summed E-state index contributed by atoms with van der Waals surface area (Å²) in [6, 6.07) is 15.5. The molecule has 1 N–H and O–H groups in total. The molecule has 25 heavy (non-hydrogen) atoms. The number of thiazole rings is 1. The first kappa shape index (κ1) is 16.1. The van der Waals surface area contributed by atoms with E-state index in [0.717, 1.165) is 30.8 Å². The fraction of sp³-hybridized carbons (Fsp3) is 0.158. The van der Waals surface area contributed by atoms with Gasteiger partial charge in [-0.2, -0.15) is 0 Å². The Labute approximate surface area is 155 Å². The number of carbonyl (C=O) groups excluding carboxylic acids is 1. The number of halogens is 1. The van der Waals surface area contributed by atoms with Crippen LogP contribution in [0.2, 0.25) is 5.02 Å². The van der Waals surface area contributed by atoms with Crippen molar-refractivity contribution in [2.45, 2.75) is 12.8 Å². The largest absolute Gasteiger partial charge is 0.331 e. The van der Waals surface area contributed by atoms with E-state index in [2.05, 4.69) is 16.4 Å². The fourth-order valence-corrected chi connectivity index (χ4v) is 3.90. The van der Waals surface area contributed by atoms with E-state index in [9.17, 15) is 4.79 Å². The molecular formula is C19H16ClN3OS. The zero-order chi connectivity index (χ0) is 17.2. The molecule has 126 valence electrons.